The van der Waals surface area contributed by atoms with Gasteiger partial charge < -0.3 is 19.9 Å². The molecule has 0 aliphatic carbocycles. The largest absolute Gasteiger partial charge is 0.457 e. The minimum absolute atomic E-state index is 0.0187. The van der Waals surface area contributed by atoms with Crippen LogP contribution in [0, 0.1) is 18.3 Å². The molecule has 0 atom stereocenters. The highest BCUT2D eigenvalue weighted by atomic mass is 16.5. The summed E-state index contributed by atoms with van der Waals surface area (Å²) in [6, 6.07) is 29.7. The lowest BCUT2D eigenvalue weighted by Gasteiger charge is -2.23. The maximum Gasteiger partial charge on any atom is 0.255 e. The number of aromatic nitrogens is 2. The lowest BCUT2D eigenvalue weighted by Crippen LogP contribution is -2.35. The monoisotopic (exact) mass is 542 g/mol. The number of para-hydroxylation sites is 2. The van der Waals surface area contributed by atoms with Gasteiger partial charge in [0.2, 0.25) is 0 Å². The molecular formula is C33H30N6O2. The van der Waals surface area contributed by atoms with Crippen LogP contribution in [0.1, 0.15) is 27.9 Å². The first-order valence-corrected chi connectivity index (χ1v) is 13.7. The Kier molecular flexibility index (Phi) is 7.25. The van der Waals surface area contributed by atoms with E-state index in [0.717, 1.165) is 36.5 Å². The quantitative estimate of drug-likeness (QED) is 0.267. The lowest BCUT2D eigenvalue weighted by atomic mass is 10.1. The fraction of sp³-hybridized carbons (Fsp3) is 0.182. The molecule has 8 heteroatoms. The van der Waals surface area contributed by atoms with Gasteiger partial charge in [0.25, 0.3) is 5.91 Å². The van der Waals surface area contributed by atoms with Crippen LogP contribution in [0.25, 0.3) is 5.52 Å². The van der Waals surface area contributed by atoms with Gasteiger partial charge in [-0.3, -0.25) is 4.79 Å². The first kappa shape index (κ1) is 26.0. The molecule has 0 radical (unpaired) electrons. The Bertz CT molecular complexity index is 1710. The Morgan fingerprint density at radius 2 is 1.61 bits per heavy atom. The van der Waals surface area contributed by atoms with Crippen molar-refractivity contribution in [3.05, 3.63) is 114 Å². The van der Waals surface area contributed by atoms with Crippen LogP contribution in [0.4, 0.5) is 17.1 Å². The molecule has 1 aliphatic rings. The number of hydrogen-bond acceptors (Lipinski definition) is 6. The smallest absolute Gasteiger partial charge is 0.255 e. The molecule has 1 saturated heterocycles. The van der Waals surface area contributed by atoms with Crippen molar-refractivity contribution >= 4 is 28.5 Å². The number of rotatable bonds is 6. The highest BCUT2D eigenvalue weighted by Gasteiger charge is 2.25. The second-order valence-electron chi connectivity index (χ2n) is 10.0. The third-order valence-electron chi connectivity index (χ3n) is 7.41. The van der Waals surface area contributed by atoms with E-state index in [1.54, 1.807) is 10.7 Å². The predicted molar refractivity (Wildman–Crippen MR) is 160 cm³/mol. The molecule has 0 spiro atoms. The summed E-state index contributed by atoms with van der Waals surface area (Å²) in [5.74, 6) is 1.45. The number of ether oxygens (including phenoxy) is 1. The van der Waals surface area contributed by atoms with Crippen LogP contribution in [-0.2, 0) is 0 Å². The number of hydrogen-bond donors (Lipinski definition) is 1. The van der Waals surface area contributed by atoms with Gasteiger partial charge in [0.05, 0.1) is 28.5 Å². The number of nitriles is 1. The second-order valence-corrected chi connectivity index (χ2v) is 10.0. The predicted octanol–water partition coefficient (Wildman–Crippen LogP) is 6.40. The summed E-state index contributed by atoms with van der Waals surface area (Å²) < 4.78 is 7.59. The number of carbonyl (C=O) groups is 1. The van der Waals surface area contributed by atoms with E-state index in [2.05, 4.69) is 33.5 Å². The van der Waals surface area contributed by atoms with Crippen LogP contribution in [0.5, 0.6) is 11.5 Å². The normalized spacial score (nSPS) is 13.5. The number of amides is 1. The number of carbonyl (C=O) groups excluding carboxylic acids is 1. The third kappa shape index (κ3) is 5.43. The van der Waals surface area contributed by atoms with E-state index < -0.39 is 0 Å². The molecule has 5 aromatic rings. The van der Waals surface area contributed by atoms with Crippen LogP contribution in [0.3, 0.4) is 0 Å². The summed E-state index contributed by atoms with van der Waals surface area (Å²) >= 11 is 0. The summed E-state index contributed by atoms with van der Waals surface area (Å²) in [7, 11) is 0. The van der Waals surface area contributed by atoms with Crippen molar-refractivity contribution in [3.63, 3.8) is 0 Å². The molecule has 1 N–H and O–H groups in total. The molecule has 1 fully saturated rings. The van der Waals surface area contributed by atoms with E-state index in [4.69, 9.17) is 4.74 Å². The summed E-state index contributed by atoms with van der Waals surface area (Å²) in [4.78, 5) is 18.0. The van der Waals surface area contributed by atoms with E-state index in [-0.39, 0.29) is 5.91 Å². The minimum atomic E-state index is -0.0187. The number of aryl methyl sites for hydroxylation is 1. The van der Waals surface area contributed by atoms with Crippen molar-refractivity contribution in [1.82, 2.24) is 14.5 Å². The summed E-state index contributed by atoms with van der Waals surface area (Å²) in [6.45, 7) is 4.92. The van der Waals surface area contributed by atoms with E-state index in [9.17, 15) is 10.1 Å². The Morgan fingerprint density at radius 1 is 0.902 bits per heavy atom. The molecule has 0 saturated carbocycles. The molecule has 1 aliphatic heterocycles. The highest BCUT2D eigenvalue weighted by Crippen LogP contribution is 2.32. The SMILES string of the molecule is Cc1c(C(=O)N2CCCN(c3ccccc3)CC2)cn2ncc(C#N)c(Nc3ccc(Oc4ccccc4)cc3)c12. The van der Waals surface area contributed by atoms with Gasteiger partial charge in [0, 0.05) is 43.8 Å². The van der Waals surface area contributed by atoms with E-state index in [1.165, 1.54) is 11.9 Å². The molecule has 0 unspecified atom stereocenters. The minimum Gasteiger partial charge on any atom is -0.457 e. The van der Waals surface area contributed by atoms with Gasteiger partial charge in [-0.1, -0.05) is 36.4 Å². The molecule has 41 heavy (non-hydrogen) atoms. The van der Waals surface area contributed by atoms with E-state index in [1.807, 2.05) is 84.6 Å². The van der Waals surface area contributed by atoms with Gasteiger partial charge in [0.15, 0.2) is 0 Å². The average Bonchev–Trinajstić information content (AvgIpc) is 3.17. The molecule has 0 bridgehead atoms. The Balaban J connectivity index is 1.24. The lowest BCUT2D eigenvalue weighted by molar-refractivity contribution is 0.0766. The van der Waals surface area contributed by atoms with Gasteiger partial charge in [-0.05, 0) is 67.4 Å². The van der Waals surface area contributed by atoms with Crippen molar-refractivity contribution in [3.8, 4) is 17.6 Å². The Hall–Kier alpha value is -5.29. The maximum absolute atomic E-state index is 13.8. The zero-order valence-electron chi connectivity index (χ0n) is 22.8. The molecule has 3 heterocycles. The Labute approximate surface area is 239 Å². The van der Waals surface area contributed by atoms with Crippen LogP contribution in [0.15, 0.2) is 97.3 Å². The van der Waals surface area contributed by atoms with Gasteiger partial charge in [-0.25, -0.2) is 4.52 Å². The summed E-state index contributed by atoms with van der Waals surface area (Å²) in [6.07, 6.45) is 4.19. The first-order valence-electron chi connectivity index (χ1n) is 13.7. The van der Waals surface area contributed by atoms with Crippen molar-refractivity contribution in [1.29, 1.82) is 5.26 Å². The zero-order chi connectivity index (χ0) is 28.2. The number of fused-ring (bicyclic) bond motifs is 1. The van der Waals surface area contributed by atoms with Crippen molar-refractivity contribution in [2.45, 2.75) is 13.3 Å². The van der Waals surface area contributed by atoms with Crippen LogP contribution in [0.2, 0.25) is 0 Å². The fourth-order valence-corrected chi connectivity index (χ4v) is 5.28. The Morgan fingerprint density at radius 3 is 2.34 bits per heavy atom. The standard InChI is InChI=1S/C33H30N6O2/c1-24-30(33(40)38-18-8-17-37(19-20-38)27-9-4-2-5-10-27)23-39-32(24)31(25(21-34)22-35-39)36-26-13-15-29(16-14-26)41-28-11-6-3-7-12-28/h2-7,9-16,22-23,36H,8,17-20H2,1H3. The van der Waals surface area contributed by atoms with Crippen LogP contribution < -0.4 is 15.0 Å². The number of benzene rings is 3. The van der Waals surface area contributed by atoms with E-state index in [0.29, 0.717) is 41.2 Å². The molecule has 2 aromatic heterocycles. The molecule has 1 amide bonds. The first-order chi connectivity index (χ1) is 20.1. The molecule has 6 rings (SSSR count). The second kappa shape index (κ2) is 11.4. The molecular weight excluding hydrogens is 512 g/mol. The number of anilines is 3. The number of nitrogens with one attached hydrogen (secondary N) is 1. The molecule has 8 nitrogen and oxygen atoms in total. The average molecular weight is 543 g/mol. The van der Waals surface area contributed by atoms with Gasteiger partial charge in [-0.2, -0.15) is 10.4 Å². The van der Waals surface area contributed by atoms with Gasteiger partial charge in [-0.15, -0.1) is 0 Å². The topological polar surface area (TPSA) is 85.9 Å². The van der Waals surface area contributed by atoms with Gasteiger partial charge >= 0.3 is 0 Å². The summed E-state index contributed by atoms with van der Waals surface area (Å²) in [5, 5.41) is 17.7. The van der Waals surface area contributed by atoms with Crippen LogP contribution in [-0.4, -0.2) is 46.6 Å². The zero-order valence-corrected chi connectivity index (χ0v) is 22.8. The van der Waals surface area contributed by atoms with Gasteiger partial charge in [0.1, 0.15) is 17.6 Å². The number of nitrogens with zero attached hydrogens (tertiary/aromatic N) is 5. The maximum atomic E-state index is 13.8. The molecule has 3 aromatic carbocycles. The van der Waals surface area contributed by atoms with Crippen molar-refractivity contribution < 1.29 is 9.53 Å². The summed E-state index contributed by atoms with van der Waals surface area (Å²) in [5.41, 5.74) is 5.06. The third-order valence-corrected chi connectivity index (χ3v) is 7.41. The van der Waals surface area contributed by atoms with Crippen molar-refractivity contribution in [2.24, 2.45) is 0 Å². The van der Waals surface area contributed by atoms with Crippen molar-refractivity contribution in [2.75, 3.05) is 36.4 Å². The molecule has 204 valence electrons. The fourth-order valence-electron chi connectivity index (χ4n) is 5.28. The van der Waals surface area contributed by atoms with E-state index >= 15 is 0 Å². The highest BCUT2D eigenvalue weighted by molar-refractivity contribution is 6.00. The van der Waals surface area contributed by atoms with Crippen LogP contribution >= 0.6 is 0 Å².